The third-order valence-corrected chi connectivity index (χ3v) is 3.17. The molecular weight excluding hydrogens is 228 g/mol. The molecule has 0 aliphatic carbocycles. The summed E-state index contributed by atoms with van der Waals surface area (Å²) in [7, 11) is 0. The van der Waals surface area contributed by atoms with E-state index >= 15 is 0 Å². The SMILES string of the molecule is CCCN=C(C)C1C(=O)Nc2ccccc2C1O. The lowest BCUT2D eigenvalue weighted by molar-refractivity contribution is -0.121. The summed E-state index contributed by atoms with van der Waals surface area (Å²) >= 11 is 0. The molecule has 1 aliphatic heterocycles. The van der Waals surface area contributed by atoms with Gasteiger partial charge in [0.15, 0.2) is 0 Å². The summed E-state index contributed by atoms with van der Waals surface area (Å²) in [4.78, 5) is 16.4. The van der Waals surface area contributed by atoms with Crippen LogP contribution in [-0.4, -0.2) is 23.3 Å². The molecule has 2 unspecified atom stereocenters. The van der Waals surface area contributed by atoms with Gasteiger partial charge in [0, 0.05) is 23.5 Å². The summed E-state index contributed by atoms with van der Waals surface area (Å²) < 4.78 is 0. The second-order valence-electron chi connectivity index (χ2n) is 4.52. The van der Waals surface area contributed by atoms with Crippen LogP contribution in [0.1, 0.15) is 31.9 Å². The summed E-state index contributed by atoms with van der Waals surface area (Å²) in [6, 6.07) is 7.32. The number of nitrogens with zero attached hydrogens (tertiary/aromatic N) is 1. The van der Waals surface area contributed by atoms with Gasteiger partial charge in [-0.3, -0.25) is 9.79 Å². The van der Waals surface area contributed by atoms with Gasteiger partial charge in [-0.05, 0) is 19.4 Å². The fraction of sp³-hybridized carbons (Fsp3) is 0.429. The van der Waals surface area contributed by atoms with E-state index in [0.29, 0.717) is 17.9 Å². The second kappa shape index (κ2) is 5.31. The van der Waals surface area contributed by atoms with Crippen LogP contribution in [0.25, 0.3) is 0 Å². The molecule has 1 aliphatic rings. The molecular formula is C14H18N2O2. The monoisotopic (exact) mass is 246 g/mol. The maximum atomic E-state index is 12.0. The Morgan fingerprint density at radius 1 is 1.44 bits per heavy atom. The fourth-order valence-electron chi connectivity index (χ4n) is 2.21. The number of rotatable bonds is 3. The smallest absolute Gasteiger partial charge is 0.236 e. The number of para-hydroxylation sites is 1. The van der Waals surface area contributed by atoms with Gasteiger partial charge in [-0.25, -0.2) is 0 Å². The van der Waals surface area contributed by atoms with E-state index in [1.165, 1.54) is 0 Å². The van der Waals surface area contributed by atoms with Crippen LogP contribution in [0.2, 0.25) is 0 Å². The van der Waals surface area contributed by atoms with Crippen LogP contribution in [-0.2, 0) is 4.79 Å². The zero-order chi connectivity index (χ0) is 13.1. The highest BCUT2D eigenvalue weighted by molar-refractivity contribution is 6.11. The minimum atomic E-state index is -0.810. The minimum absolute atomic E-state index is 0.182. The molecule has 2 N–H and O–H groups in total. The summed E-state index contributed by atoms with van der Waals surface area (Å²) in [5.41, 5.74) is 2.14. The summed E-state index contributed by atoms with van der Waals surface area (Å²) in [5.74, 6) is -0.759. The van der Waals surface area contributed by atoms with Crippen molar-refractivity contribution >= 4 is 17.3 Å². The Morgan fingerprint density at radius 3 is 2.89 bits per heavy atom. The minimum Gasteiger partial charge on any atom is -0.387 e. The molecule has 4 heteroatoms. The molecule has 0 bridgehead atoms. The van der Waals surface area contributed by atoms with E-state index in [1.807, 2.05) is 25.1 Å². The van der Waals surface area contributed by atoms with E-state index in [4.69, 9.17) is 0 Å². The first-order valence-electron chi connectivity index (χ1n) is 6.24. The van der Waals surface area contributed by atoms with Gasteiger partial charge < -0.3 is 10.4 Å². The Kier molecular flexibility index (Phi) is 3.77. The molecule has 0 aromatic heterocycles. The molecule has 96 valence electrons. The first-order valence-corrected chi connectivity index (χ1v) is 6.24. The lowest BCUT2D eigenvalue weighted by Crippen LogP contribution is -2.38. The molecule has 1 heterocycles. The Labute approximate surface area is 107 Å². The van der Waals surface area contributed by atoms with Gasteiger partial charge in [0.05, 0.1) is 6.10 Å². The van der Waals surface area contributed by atoms with E-state index in [0.717, 1.165) is 12.0 Å². The van der Waals surface area contributed by atoms with Gasteiger partial charge in [0.2, 0.25) is 5.91 Å². The molecule has 0 saturated carbocycles. The number of carbonyl (C=O) groups excluding carboxylic acids is 1. The van der Waals surface area contributed by atoms with Gasteiger partial charge in [0.1, 0.15) is 5.92 Å². The van der Waals surface area contributed by atoms with E-state index in [-0.39, 0.29) is 5.91 Å². The zero-order valence-electron chi connectivity index (χ0n) is 10.7. The molecule has 0 fully saturated rings. The van der Waals surface area contributed by atoms with Gasteiger partial charge in [-0.1, -0.05) is 25.1 Å². The molecule has 0 radical (unpaired) electrons. The topological polar surface area (TPSA) is 61.7 Å². The largest absolute Gasteiger partial charge is 0.387 e. The molecule has 0 saturated heterocycles. The molecule has 1 amide bonds. The van der Waals surface area contributed by atoms with Crippen molar-refractivity contribution in [3.8, 4) is 0 Å². The number of aliphatic imine (C=N–C) groups is 1. The van der Waals surface area contributed by atoms with E-state index < -0.39 is 12.0 Å². The third-order valence-electron chi connectivity index (χ3n) is 3.17. The van der Waals surface area contributed by atoms with Crippen LogP contribution in [0.4, 0.5) is 5.69 Å². The number of hydrogen-bond acceptors (Lipinski definition) is 3. The van der Waals surface area contributed by atoms with Crippen molar-refractivity contribution in [3.05, 3.63) is 29.8 Å². The Morgan fingerprint density at radius 2 is 2.17 bits per heavy atom. The van der Waals surface area contributed by atoms with Crippen LogP contribution in [0.3, 0.4) is 0 Å². The number of aliphatic hydroxyl groups is 1. The molecule has 0 spiro atoms. The first-order chi connectivity index (χ1) is 8.65. The number of fused-ring (bicyclic) bond motifs is 1. The van der Waals surface area contributed by atoms with Crippen molar-refractivity contribution in [2.75, 3.05) is 11.9 Å². The number of hydrogen-bond donors (Lipinski definition) is 2. The predicted octanol–water partition coefficient (Wildman–Crippen LogP) is 2.16. The van der Waals surface area contributed by atoms with Crippen LogP contribution in [0.5, 0.6) is 0 Å². The normalized spacial score (nSPS) is 23.5. The number of aliphatic hydroxyl groups excluding tert-OH is 1. The predicted molar refractivity (Wildman–Crippen MR) is 71.8 cm³/mol. The molecule has 4 nitrogen and oxygen atoms in total. The summed E-state index contributed by atoms with van der Waals surface area (Å²) in [6.07, 6.45) is 0.119. The Bertz CT molecular complexity index is 482. The molecule has 2 atom stereocenters. The number of nitrogens with one attached hydrogen (secondary N) is 1. The number of benzene rings is 1. The van der Waals surface area contributed by atoms with Gasteiger partial charge in [-0.15, -0.1) is 0 Å². The zero-order valence-corrected chi connectivity index (χ0v) is 10.7. The van der Waals surface area contributed by atoms with Crippen LogP contribution in [0.15, 0.2) is 29.3 Å². The number of amides is 1. The van der Waals surface area contributed by atoms with Gasteiger partial charge in [0.25, 0.3) is 0 Å². The molecule has 18 heavy (non-hydrogen) atoms. The van der Waals surface area contributed by atoms with Crippen LogP contribution < -0.4 is 5.32 Å². The van der Waals surface area contributed by atoms with Crippen molar-refractivity contribution in [3.63, 3.8) is 0 Å². The first kappa shape index (κ1) is 12.8. The third kappa shape index (κ3) is 2.29. The number of carbonyl (C=O) groups is 1. The van der Waals surface area contributed by atoms with Gasteiger partial charge >= 0.3 is 0 Å². The van der Waals surface area contributed by atoms with Crippen molar-refractivity contribution in [2.24, 2.45) is 10.9 Å². The molecule has 2 rings (SSSR count). The summed E-state index contributed by atoms with van der Waals surface area (Å²) in [5, 5.41) is 13.1. The molecule has 1 aromatic carbocycles. The number of anilines is 1. The standard InChI is InChI=1S/C14H18N2O2/c1-3-8-15-9(2)12-13(17)10-6-4-5-7-11(10)16-14(12)18/h4-7,12-13,17H,3,8H2,1-2H3,(H,16,18). The van der Waals surface area contributed by atoms with Crippen LogP contribution >= 0.6 is 0 Å². The van der Waals surface area contributed by atoms with Crippen molar-refractivity contribution in [1.29, 1.82) is 0 Å². The highest BCUT2D eigenvalue weighted by atomic mass is 16.3. The van der Waals surface area contributed by atoms with E-state index in [2.05, 4.69) is 10.3 Å². The second-order valence-corrected chi connectivity index (χ2v) is 4.52. The summed E-state index contributed by atoms with van der Waals surface area (Å²) in [6.45, 7) is 4.52. The lowest BCUT2D eigenvalue weighted by atomic mass is 9.87. The van der Waals surface area contributed by atoms with Crippen molar-refractivity contribution < 1.29 is 9.90 Å². The Balaban J connectivity index is 2.32. The maximum absolute atomic E-state index is 12.0. The maximum Gasteiger partial charge on any atom is 0.236 e. The van der Waals surface area contributed by atoms with Crippen molar-refractivity contribution in [1.82, 2.24) is 0 Å². The van der Waals surface area contributed by atoms with Crippen molar-refractivity contribution in [2.45, 2.75) is 26.4 Å². The molecule has 1 aromatic rings. The van der Waals surface area contributed by atoms with Crippen LogP contribution in [0, 0.1) is 5.92 Å². The van der Waals surface area contributed by atoms with E-state index in [1.54, 1.807) is 13.0 Å². The highest BCUT2D eigenvalue weighted by Crippen LogP contribution is 2.34. The average molecular weight is 246 g/mol. The highest BCUT2D eigenvalue weighted by Gasteiger charge is 2.36. The quantitative estimate of drug-likeness (QED) is 0.803. The lowest BCUT2D eigenvalue weighted by Gasteiger charge is -2.29. The average Bonchev–Trinajstić information content (AvgIpc) is 2.36. The fourth-order valence-corrected chi connectivity index (χ4v) is 2.21. The van der Waals surface area contributed by atoms with Gasteiger partial charge in [-0.2, -0.15) is 0 Å². The Hall–Kier alpha value is -1.68. The van der Waals surface area contributed by atoms with E-state index in [9.17, 15) is 9.90 Å².